The third kappa shape index (κ3) is 5.22. The number of amides is 1. The van der Waals surface area contributed by atoms with Crippen LogP contribution in [0.1, 0.15) is 5.01 Å². The van der Waals surface area contributed by atoms with Crippen LogP contribution in [-0.2, 0) is 14.8 Å². The van der Waals surface area contributed by atoms with Gasteiger partial charge in [0.05, 0.1) is 31.5 Å². The van der Waals surface area contributed by atoms with Crippen LogP contribution >= 0.6 is 11.3 Å². The number of sulfonamides is 1. The largest absolute Gasteiger partial charge is 0.497 e. The highest BCUT2D eigenvalue weighted by Crippen LogP contribution is 2.30. The van der Waals surface area contributed by atoms with Crippen LogP contribution in [0.15, 0.2) is 52.7 Å². The van der Waals surface area contributed by atoms with E-state index >= 15 is 0 Å². The number of nitrogens with zero attached hydrogens (tertiary/aromatic N) is 2. The van der Waals surface area contributed by atoms with Crippen molar-refractivity contribution in [2.75, 3.05) is 33.1 Å². The third-order valence-electron chi connectivity index (χ3n) is 4.49. The molecule has 1 heterocycles. The third-order valence-corrected chi connectivity index (χ3v) is 7.08. The second kappa shape index (κ2) is 9.46. The summed E-state index contributed by atoms with van der Waals surface area (Å²) in [6.45, 7) is 1.55. The lowest BCUT2D eigenvalue weighted by Gasteiger charge is -2.19. The number of methoxy groups -OCH3 is 2. The first-order valence-electron chi connectivity index (χ1n) is 9.25. The van der Waals surface area contributed by atoms with Crippen molar-refractivity contribution >= 4 is 33.0 Å². The van der Waals surface area contributed by atoms with Crippen LogP contribution in [0.3, 0.4) is 0 Å². The van der Waals surface area contributed by atoms with Gasteiger partial charge in [-0.25, -0.2) is 13.4 Å². The number of hydrogen-bond donors (Lipinski definition) is 1. The number of anilines is 1. The van der Waals surface area contributed by atoms with Gasteiger partial charge in [0.1, 0.15) is 16.4 Å². The second-order valence-corrected chi connectivity index (χ2v) is 9.73. The summed E-state index contributed by atoms with van der Waals surface area (Å²) in [7, 11) is 0.165. The summed E-state index contributed by atoms with van der Waals surface area (Å²) in [6, 6.07) is 11.7. The van der Waals surface area contributed by atoms with E-state index in [9.17, 15) is 13.2 Å². The molecule has 0 spiro atoms. The Bertz CT molecular complexity index is 1190. The van der Waals surface area contributed by atoms with Gasteiger partial charge in [0, 0.05) is 29.7 Å². The number of thiazole rings is 1. The molecule has 0 aliphatic rings. The van der Waals surface area contributed by atoms with Gasteiger partial charge in [-0.05, 0) is 31.2 Å². The van der Waals surface area contributed by atoms with Gasteiger partial charge < -0.3 is 14.8 Å². The first-order valence-corrected chi connectivity index (χ1v) is 11.6. The second-order valence-electron chi connectivity index (χ2n) is 6.66. The summed E-state index contributed by atoms with van der Waals surface area (Å²) < 4.78 is 37.3. The van der Waals surface area contributed by atoms with Gasteiger partial charge in [-0.2, -0.15) is 4.31 Å². The van der Waals surface area contributed by atoms with Crippen molar-refractivity contribution in [3.8, 4) is 22.8 Å². The van der Waals surface area contributed by atoms with Crippen molar-refractivity contribution in [2.45, 2.75) is 11.8 Å². The fourth-order valence-corrected chi connectivity index (χ4v) is 4.81. The normalized spacial score (nSPS) is 11.4. The molecule has 2 aromatic carbocycles. The summed E-state index contributed by atoms with van der Waals surface area (Å²) in [5.74, 6) is 0.0604. The quantitative estimate of drug-likeness (QED) is 0.552. The Kier molecular flexibility index (Phi) is 6.94. The maximum Gasteiger partial charge on any atom is 0.247 e. The van der Waals surface area contributed by atoms with Crippen LogP contribution in [0.4, 0.5) is 5.69 Å². The van der Waals surface area contributed by atoms with E-state index in [0.29, 0.717) is 11.4 Å². The number of hydrogen-bond acceptors (Lipinski definition) is 7. The minimum absolute atomic E-state index is 0.0782. The van der Waals surface area contributed by atoms with E-state index < -0.39 is 15.9 Å². The molecule has 3 aromatic rings. The van der Waals surface area contributed by atoms with Crippen molar-refractivity contribution in [1.82, 2.24) is 9.29 Å². The van der Waals surface area contributed by atoms with Gasteiger partial charge in [-0.3, -0.25) is 4.79 Å². The molecule has 31 heavy (non-hydrogen) atoms. The van der Waals surface area contributed by atoms with Crippen molar-refractivity contribution < 1.29 is 22.7 Å². The highest BCUT2D eigenvalue weighted by atomic mass is 32.2. The van der Waals surface area contributed by atoms with E-state index in [0.717, 1.165) is 20.6 Å². The molecule has 10 heteroatoms. The zero-order valence-electron chi connectivity index (χ0n) is 17.6. The van der Waals surface area contributed by atoms with E-state index in [-0.39, 0.29) is 17.2 Å². The number of nitrogens with one attached hydrogen (secondary N) is 1. The molecule has 164 valence electrons. The summed E-state index contributed by atoms with van der Waals surface area (Å²) in [5, 5.41) is 5.63. The van der Waals surface area contributed by atoms with Crippen LogP contribution in [0, 0.1) is 6.92 Å². The number of aromatic nitrogens is 1. The molecule has 0 fully saturated rings. The van der Waals surface area contributed by atoms with Crippen molar-refractivity contribution in [2.24, 2.45) is 0 Å². The molecular formula is C21H23N3O5S2. The van der Waals surface area contributed by atoms with Gasteiger partial charge in [-0.1, -0.05) is 12.1 Å². The highest BCUT2D eigenvalue weighted by Gasteiger charge is 2.27. The predicted molar refractivity (Wildman–Crippen MR) is 120 cm³/mol. The number of ether oxygens (including phenoxy) is 2. The van der Waals surface area contributed by atoms with Gasteiger partial charge in [-0.15, -0.1) is 11.3 Å². The van der Waals surface area contributed by atoms with E-state index in [1.54, 1.807) is 35.6 Å². The predicted octanol–water partition coefficient (Wildman–Crippen LogP) is 3.39. The number of carbonyl (C=O) groups is 1. The Balaban J connectivity index is 1.75. The monoisotopic (exact) mass is 461 g/mol. The Morgan fingerprint density at radius 2 is 1.94 bits per heavy atom. The Labute approximate surface area is 185 Å². The number of benzene rings is 2. The summed E-state index contributed by atoms with van der Waals surface area (Å²) in [6.07, 6.45) is 0. The number of likely N-dealkylation sites (N-methyl/N-ethyl adjacent to an activating group) is 1. The molecule has 3 rings (SSSR count). The van der Waals surface area contributed by atoms with Crippen LogP contribution in [0.5, 0.6) is 11.5 Å². The highest BCUT2D eigenvalue weighted by molar-refractivity contribution is 7.89. The maximum atomic E-state index is 13.0. The minimum atomic E-state index is -3.99. The van der Waals surface area contributed by atoms with E-state index in [4.69, 9.17) is 9.47 Å². The summed E-state index contributed by atoms with van der Waals surface area (Å²) >= 11 is 1.54. The average molecular weight is 462 g/mol. The van der Waals surface area contributed by atoms with Crippen LogP contribution in [0.25, 0.3) is 11.3 Å². The molecule has 1 amide bonds. The molecule has 8 nitrogen and oxygen atoms in total. The zero-order chi connectivity index (χ0) is 22.6. The molecule has 1 aromatic heterocycles. The Morgan fingerprint density at radius 1 is 1.16 bits per heavy atom. The van der Waals surface area contributed by atoms with E-state index in [1.165, 1.54) is 33.4 Å². The molecule has 0 radical (unpaired) electrons. The standard InChI is InChI=1S/C21H23N3O5S2/c1-14-22-18(13-30-14)15-6-5-7-16(10-15)23-21(25)12-24(2)31(26,27)20-11-17(28-3)8-9-19(20)29-4/h5-11,13H,12H2,1-4H3,(H,23,25). The van der Waals surface area contributed by atoms with Gasteiger partial charge in [0.2, 0.25) is 15.9 Å². The molecule has 0 bridgehead atoms. The smallest absolute Gasteiger partial charge is 0.247 e. The molecular weight excluding hydrogens is 438 g/mol. The Morgan fingerprint density at radius 3 is 2.58 bits per heavy atom. The van der Waals surface area contributed by atoms with Gasteiger partial charge in [0.25, 0.3) is 0 Å². The molecule has 0 saturated carbocycles. The topological polar surface area (TPSA) is 97.8 Å². The van der Waals surface area contributed by atoms with Crippen LogP contribution in [-0.4, -0.2) is 51.4 Å². The SMILES string of the molecule is COc1ccc(OC)c(S(=O)(=O)N(C)CC(=O)Nc2cccc(-c3csc(C)n3)c2)c1. The number of aryl methyl sites for hydroxylation is 1. The molecule has 0 aliphatic carbocycles. The van der Waals surface area contributed by atoms with Crippen LogP contribution < -0.4 is 14.8 Å². The fraction of sp³-hybridized carbons (Fsp3) is 0.238. The Hall–Kier alpha value is -2.95. The summed E-state index contributed by atoms with van der Waals surface area (Å²) in [5.41, 5.74) is 2.24. The van der Waals surface area contributed by atoms with Gasteiger partial charge >= 0.3 is 0 Å². The van der Waals surface area contributed by atoms with E-state index in [2.05, 4.69) is 10.3 Å². The fourth-order valence-electron chi connectivity index (χ4n) is 2.89. The van der Waals surface area contributed by atoms with Crippen molar-refractivity contribution in [3.05, 3.63) is 52.9 Å². The molecule has 0 atom stereocenters. The minimum Gasteiger partial charge on any atom is -0.497 e. The first-order chi connectivity index (χ1) is 14.7. The first kappa shape index (κ1) is 22.7. The maximum absolute atomic E-state index is 13.0. The van der Waals surface area contributed by atoms with E-state index in [1.807, 2.05) is 18.4 Å². The molecule has 1 N–H and O–H groups in total. The molecule has 0 unspecified atom stereocenters. The lowest BCUT2D eigenvalue weighted by Crippen LogP contribution is -2.35. The molecule has 0 aliphatic heterocycles. The lowest BCUT2D eigenvalue weighted by molar-refractivity contribution is -0.116. The zero-order valence-corrected chi connectivity index (χ0v) is 19.2. The average Bonchev–Trinajstić information content (AvgIpc) is 3.19. The summed E-state index contributed by atoms with van der Waals surface area (Å²) in [4.78, 5) is 16.9. The van der Waals surface area contributed by atoms with Gasteiger partial charge in [0.15, 0.2) is 0 Å². The van der Waals surface area contributed by atoms with Crippen molar-refractivity contribution in [1.29, 1.82) is 0 Å². The van der Waals surface area contributed by atoms with Crippen molar-refractivity contribution in [3.63, 3.8) is 0 Å². The number of rotatable bonds is 8. The molecule has 0 saturated heterocycles. The van der Waals surface area contributed by atoms with Crippen LogP contribution in [0.2, 0.25) is 0 Å². The lowest BCUT2D eigenvalue weighted by atomic mass is 10.1. The number of carbonyl (C=O) groups excluding carboxylic acids is 1.